The van der Waals surface area contributed by atoms with E-state index >= 15 is 0 Å². The average Bonchev–Trinajstić information content (AvgIpc) is 2.89. The van der Waals surface area contributed by atoms with Crippen molar-refractivity contribution in [1.29, 1.82) is 0 Å². The fraction of sp³-hybridized carbons (Fsp3) is 0.286. The first-order valence-electron chi connectivity index (χ1n) is 6.72. The maximum absolute atomic E-state index is 13.0. The molecule has 0 unspecified atom stereocenters. The number of hydrogen-bond donors (Lipinski definition) is 1. The lowest BCUT2D eigenvalue weighted by Crippen LogP contribution is -2.10. The van der Waals surface area contributed by atoms with Crippen LogP contribution in [-0.4, -0.2) is 31.3 Å². The topological polar surface area (TPSA) is 68.0 Å². The minimum atomic E-state index is -0.389. The molecule has 0 bridgehead atoms. The molecule has 0 fully saturated rings. The van der Waals surface area contributed by atoms with Gasteiger partial charge in [0.1, 0.15) is 17.3 Å². The van der Waals surface area contributed by atoms with Gasteiger partial charge in [-0.15, -0.1) is 15.3 Å². The Morgan fingerprint density at radius 2 is 2.05 bits per heavy atom. The van der Waals surface area contributed by atoms with Crippen molar-refractivity contribution in [3.63, 3.8) is 0 Å². The molecule has 0 saturated heterocycles. The molecule has 3 aromatic rings. The number of aromatic nitrogens is 5. The van der Waals surface area contributed by atoms with E-state index in [1.165, 1.54) is 6.07 Å². The summed E-state index contributed by atoms with van der Waals surface area (Å²) in [6, 6.07) is 6.58. The molecule has 0 saturated carbocycles. The normalized spacial score (nSPS) is 11.2. The van der Waals surface area contributed by atoms with E-state index < -0.39 is 0 Å². The van der Waals surface area contributed by atoms with Crippen LogP contribution in [0.15, 0.2) is 30.5 Å². The number of fused-ring (bicyclic) bond motifs is 1. The van der Waals surface area contributed by atoms with Crippen LogP contribution in [0, 0.1) is 11.7 Å². The van der Waals surface area contributed by atoms with Crippen LogP contribution in [-0.2, 0) is 0 Å². The smallest absolute Gasteiger partial charge is 0.203 e. The monoisotopic (exact) mass is 286 g/mol. The van der Waals surface area contributed by atoms with Gasteiger partial charge in [0.25, 0.3) is 0 Å². The van der Waals surface area contributed by atoms with Crippen molar-refractivity contribution in [2.75, 3.05) is 11.9 Å². The molecule has 3 heterocycles. The second-order valence-corrected chi connectivity index (χ2v) is 5.15. The SMILES string of the molecule is CC(C)CNc1ccc2nnc(-c3ccc(F)cn3)n2n1. The third kappa shape index (κ3) is 2.81. The van der Waals surface area contributed by atoms with E-state index in [2.05, 4.69) is 39.4 Å². The van der Waals surface area contributed by atoms with Gasteiger partial charge < -0.3 is 5.32 Å². The first kappa shape index (κ1) is 13.4. The zero-order valence-electron chi connectivity index (χ0n) is 11.8. The Morgan fingerprint density at radius 1 is 1.19 bits per heavy atom. The van der Waals surface area contributed by atoms with Gasteiger partial charge in [0.05, 0.1) is 6.20 Å². The largest absolute Gasteiger partial charge is 0.368 e. The van der Waals surface area contributed by atoms with E-state index in [0.717, 1.165) is 18.6 Å². The lowest BCUT2D eigenvalue weighted by atomic mass is 10.2. The van der Waals surface area contributed by atoms with Crippen molar-refractivity contribution in [1.82, 2.24) is 24.8 Å². The molecule has 0 atom stereocenters. The lowest BCUT2D eigenvalue weighted by molar-refractivity contribution is 0.621. The molecule has 21 heavy (non-hydrogen) atoms. The van der Waals surface area contributed by atoms with Crippen LogP contribution in [0.4, 0.5) is 10.2 Å². The second kappa shape index (κ2) is 5.43. The third-order valence-electron chi connectivity index (χ3n) is 2.91. The van der Waals surface area contributed by atoms with Gasteiger partial charge in [0.2, 0.25) is 5.82 Å². The van der Waals surface area contributed by atoms with E-state index in [-0.39, 0.29) is 5.82 Å². The molecule has 0 radical (unpaired) electrons. The molecule has 0 aliphatic rings. The Labute approximate surface area is 121 Å². The summed E-state index contributed by atoms with van der Waals surface area (Å²) in [7, 11) is 0. The zero-order valence-corrected chi connectivity index (χ0v) is 11.8. The van der Waals surface area contributed by atoms with Gasteiger partial charge in [-0.25, -0.2) is 9.37 Å². The Balaban J connectivity index is 1.99. The molecule has 0 amide bonds. The molecule has 108 valence electrons. The number of hydrogen-bond acceptors (Lipinski definition) is 5. The number of nitrogens with zero attached hydrogens (tertiary/aromatic N) is 5. The molecular weight excluding hydrogens is 271 g/mol. The highest BCUT2D eigenvalue weighted by Crippen LogP contribution is 2.16. The summed E-state index contributed by atoms with van der Waals surface area (Å²) in [6.07, 6.45) is 1.15. The molecule has 3 aromatic heterocycles. The minimum absolute atomic E-state index is 0.389. The number of anilines is 1. The van der Waals surface area contributed by atoms with Crippen molar-refractivity contribution in [3.8, 4) is 11.5 Å². The lowest BCUT2D eigenvalue weighted by Gasteiger charge is -2.08. The van der Waals surface area contributed by atoms with E-state index in [4.69, 9.17) is 0 Å². The molecular formula is C14H15FN6. The first-order valence-corrected chi connectivity index (χ1v) is 6.72. The van der Waals surface area contributed by atoms with Crippen molar-refractivity contribution < 1.29 is 4.39 Å². The molecule has 3 rings (SSSR count). The van der Waals surface area contributed by atoms with E-state index in [0.29, 0.717) is 23.1 Å². The van der Waals surface area contributed by atoms with Crippen LogP contribution in [0.2, 0.25) is 0 Å². The van der Waals surface area contributed by atoms with Crippen molar-refractivity contribution in [2.24, 2.45) is 5.92 Å². The standard InChI is InChI=1S/C14H15FN6/c1-9(2)7-17-12-5-6-13-18-19-14(21(13)20-12)11-4-3-10(15)8-16-11/h3-6,8-9H,7H2,1-2H3,(H,17,20). The van der Waals surface area contributed by atoms with Crippen molar-refractivity contribution in [3.05, 3.63) is 36.3 Å². The van der Waals surface area contributed by atoms with Crippen LogP contribution < -0.4 is 5.32 Å². The van der Waals surface area contributed by atoms with Gasteiger partial charge in [-0.1, -0.05) is 13.8 Å². The summed E-state index contributed by atoms with van der Waals surface area (Å²) in [5, 5.41) is 15.8. The summed E-state index contributed by atoms with van der Waals surface area (Å²) in [5.41, 5.74) is 1.14. The summed E-state index contributed by atoms with van der Waals surface area (Å²) in [6.45, 7) is 5.07. The molecule has 0 aliphatic carbocycles. The van der Waals surface area contributed by atoms with Crippen LogP contribution in [0.3, 0.4) is 0 Å². The number of halogens is 1. The predicted octanol–water partition coefficient (Wildman–Crippen LogP) is 2.39. The van der Waals surface area contributed by atoms with Gasteiger partial charge in [-0.05, 0) is 30.2 Å². The maximum atomic E-state index is 13.0. The quantitative estimate of drug-likeness (QED) is 0.797. The maximum Gasteiger partial charge on any atom is 0.203 e. The number of nitrogens with one attached hydrogen (secondary N) is 1. The zero-order chi connectivity index (χ0) is 14.8. The molecule has 6 nitrogen and oxygen atoms in total. The molecule has 7 heteroatoms. The highest BCUT2D eigenvalue weighted by atomic mass is 19.1. The third-order valence-corrected chi connectivity index (χ3v) is 2.91. The molecule has 0 aliphatic heterocycles. The van der Waals surface area contributed by atoms with Gasteiger partial charge in [0.15, 0.2) is 5.65 Å². The Bertz CT molecular complexity index is 750. The Kier molecular flexibility index (Phi) is 3.47. The summed E-state index contributed by atoms with van der Waals surface area (Å²) in [5.74, 6) is 1.35. The van der Waals surface area contributed by atoms with Crippen LogP contribution in [0.25, 0.3) is 17.2 Å². The molecule has 1 N–H and O–H groups in total. The predicted molar refractivity (Wildman–Crippen MR) is 77.3 cm³/mol. The summed E-state index contributed by atoms with van der Waals surface area (Å²) >= 11 is 0. The number of pyridine rings is 1. The highest BCUT2D eigenvalue weighted by molar-refractivity contribution is 5.55. The molecule has 0 spiro atoms. The van der Waals surface area contributed by atoms with Gasteiger partial charge >= 0.3 is 0 Å². The van der Waals surface area contributed by atoms with Gasteiger partial charge in [-0.3, -0.25) is 0 Å². The van der Waals surface area contributed by atoms with Crippen LogP contribution in [0.1, 0.15) is 13.8 Å². The highest BCUT2D eigenvalue weighted by Gasteiger charge is 2.11. The van der Waals surface area contributed by atoms with Crippen LogP contribution in [0.5, 0.6) is 0 Å². The summed E-state index contributed by atoms with van der Waals surface area (Å²) < 4.78 is 14.6. The average molecular weight is 286 g/mol. The van der Waals surface area contributed by atoms with Gasteiger partial charge in [-0.2, -0.15) is 4.52 Å². The molecule has 0 aromatic carbocycles. The van der Waals surface area contributed by atoms with Crippen molar-refractivity contribution >= 4 is 11.5 Å². The van der Waals surface area contributed by atoms with Crippen molar-refractivity contribution in [2.45, 2.75) is 13.8 Å². The minimum Gasteiger partial charge on any atom is -0.368 e. The first-order chi connectivity index (χ1) is 10.1. The van der Waals surface area contributed by atoms with E-state index in [9.17, 15) is 4.39 Å². The second-order valence-electron chi connectivity index (χ2n) is 5.15. The van der Waals surface area contributed by atoms with Crippen LogP contribution >= 0.6 is 0 Å². The van der Waals surface area contributed by atoms with E-state index in [1.807, 2.05) is 12.1 Å². The van der Waals surface area contributed by atoms with Gasteiger partial charge in [0, 0.05) is 6.54 Å². The van der Waals surface area contributed by atoms with E-state index in [1.54, 1.807) is 10.6 Å². The summed E-state index contributed by atoms with van der Waals surface area (Å²) in [4.78, 5) is 4.02. The Hall–Kier alpha value is -2.57. The fourth-order valence-corrected chi connectivity index (χ4v) is 1.86. The Morgan fingerprint density at radius 3 is 2.76 bits per heavy atom. The fourth-order valence-electron chi connectivity index (χ4n) is 1.86. The number of rotatable bonds is 4.